The summed E-state index contributed by atoms with van der Waals surface area (Å²) in [6, 6.07) is 5.67. The molecular weight excluding hydrogens is 234 g/mol. The SMILES string of the molecule is CNC(CCCC(F)(F)F)c1cccc(F)c1. The fraction of sp³-hybridized carbons (Fsp3) is 0.500. The molecule has 0 aliphatic rings. The highest BCUT2D eigenvalue weighted by Crippen LogP contribution is 2.26. The number of rotatable bonds is 5. The Hall–Kier alpha value is -1.10. The molecule has 0 saturated carbocycles. The third kappa shape index (κ3) is 5.17. The molecule has 1 aromatic carbocycles. The maximum Gasteiger partial charge on any atom is 0.389 e. The summed E-state index contributed by atoms with van der Waals surface area (Å²) in [6.45, 7) is 0. The predicted octanol–water partition coefficient (Wildman–Crippen LogP) is 3.82. The first kappa shape index (κ1) is 14.0. The Morgan fingerprint density at radius 2 is 2.00 bits per heavy atom. The van der Waals surface area contributed by atoms with Crippen molar-refractivity contribution < 1.29 is 17.6 Å². The molecule has 0 aliphatic heterocycles. The van der Waals surface area contributed by atoms with Crippen molar-refractivity contribution >= 4 is 0 Å². The molecule has 0 bridgehead atoms. The van der Waals surface area contributed by atoms with Gasteiger partial charge in [-0.3, -0.25) is 0 Å². The number of benzene rings is 1. The van der Waals surface area contributed by atoms with Crippen molar-refractivity contribution in [3.05, 3.63) is 35.6 Å². The Bertz CT molecular complexity index is 349. The van der Waals surface area contributed by atoms with E-state index in [0.29, 0.717) is 12.0 Å². The maximum atomic E-state index is 13.0. The molecule has 1 rings (SSSR count). The Morgan fingerprint density at radius 1 is 1.29 bits per heavy atom. The number of hydrogen-bond donors (Lipinski definition) is 1. The van der Waals surface area contributed by atoms with Crippen LogP contribution in [0.5, 0.6) is 0 Å². The van der Waals surface area contributed by atoms with Crippen LogP contribution in [0.3, 0.4) is 0 Å². The van der Waals surface area contributed by atoms with E-state index in [1.165, 1.54) is 12.1 Å². The zero-order chi connectivity index (χ0) is 12.9. The van der Waals surface area contributed by atoms with Crippen LogP contribution in [0, 0.1) is 5.82 Å². The molecule has 0 saturated heterocycles. The van der Waals surface area contributed by atoms with Crippen LogP contribution in [0.15, 0.2) is 24.3 Å². The van der Waals surface area contributed by atoms with Gasteiger partial charge < -0.3 is 5.32 Å². The van der Waals surface area contributed by atoms with Crippen LogP contribution in [0.1, 0.15) is 30.9 Å². The molecule has 1 atom stereocenters. The Kier molecular flexibility index (Phi) is 4.93. The van der Waals surface area contributed by atoms with E-state index in [2.05, 4.69) is 5.32 Å². The third-order valence-corrected chi connectivity index (χ3v) is 2.55. The minimum absolute atomic E-state index is 0.0333. The third-order valence-electron chi connectivity index (χ3n) is 2.55. The molecule has 0 amide bonds. The second kappa shape index (κ2) is 6.00. The number of nitrogens with one attached hydrogen (secondary N) is 1. The van der Waals surface area contributed by atoms with Crippen molar-refractivity contribution in [3.8, 4) is 0 Å². The van der Waals surface area contributed by atoms with Crippen molar-refractivity contribution in [1.82, 2.24) is 5.32 Å². The minimum Gasteiger partial charge on any atom is -0.313 e. The second-order valence-electron chi connectivity index (χ2n) is 3.90. The normalized spacial score (nSPS) is 13.7. The van der Waals surface area contributed by atoms with E-state index in [1.807, 2.05) is 0 Å². The van der Waals surface area contributed by atoms with Crippen LogP contribution < -0.4 is 5.32 Å². The molecule has 0 heterocycles. The summed E-state index contributed by atoms with van der Waals surface area (Å²) in [6.07, 6.45) is -4.56. The summed E-state index contributed by atoms with van der Waals surface area (Å²) < 4.78 is 49.0. The maximum absolute atomic E-state index is 13.0. The number of halogens is 4. The molecule has 0 spiro atoms. The zero-order valence-corrected chi connectivity index (χ0v) is 9.52. The van der Waals surface area contributed by atoms with Crippen LogP contribution in [-0.4, -0.2) is 13.2 Å². The lowest BCUT2D eigenvalue weighted by molar-refractivity contribution is -0.135. The van der Waals surface area contributed by atoms with Crippen LogP contribution in [-0.2, 0) is 0 Å². The van der Waals surface area contributed by atoms with Crippen LogP contribution >= 0.6 is 0 Å². The van der Waals surface area contributed by atoms with Crippen molar-refractivity contribution in [2.24, 2.45) is 0 Å². The predicted molar refractivity (Wildman–Crippen MR) is 58.1 cm³/mol. The lowest BCUT2D eigenvalue weighted by atomic mass is 10.0. The second-order valence-corrected chi connectivity index (χ2v) is 3.90. The molecule has 0 radical (unpaired) electrons. The van der Waals surface area contributed by atoms with Gasteiger partial charge in [0.2, 0.25) is 0 Å². The number of hydrogen-bond acceptors (Lipinski definition) is 1. The molecule has 0 aromatic heterocycles. The largest absolute Gasteiger partial charge is 0.389 e. The van der Waals surface area contributed by atoms with Crippen LogP contribution in [0.25, 0.3) is 0 Å². The molecular formula is C12H15F4N. The zero-order valence-electron chi connectivity index (χ0n) is 9.52. The summed E-state index contributed by atoms with van der Waals surface area (Å²) in [5.74, 6) is -0.376. The van der Waals surface area contributed by atoms with E-state index in [9.17, 15) is 17.6 Å². The average molecular weight is 249 g/mol. The van der Waals surface area contributed by atoms with Crippen molar-refractivity contribution in [2.45, 2.75) is 31.5 Å². The van der Waals surface area contributed by atoms with E-state index in [0.717, 1.165) is 0 Å². The summed E-state index contributed by atoms with van der Waals surface area (Å²) in [4.78, 5) is 0. The van der Waals surface area contributed by atoms with Gasteiger partial charge in [0, 0.05) is 12.5 Å². The van der Waals surface area contributed by atoms with E-state index in [-0.39, 0.29) is 18.3 Å². The molecule has 1 unspecified atom stereocenters. The topological polar surface area (TPSA) is 12.0 Å². The highest BCUT2D eigenvalue weighted by Gasteiger charge is 2.26. The average Bonchev–Trinajstić information content (AvgIpc) is 2.23. The molecule has 1 nitrogen and oxygen atoms in total. The monoisotopic (exact) mass is 249 g/mol. The first-order valence-electron chi connectivity index (χ1n) is 5.42. The standard InChI is InChI=1S/C12H15F4N/c1-17-11(6-3-7-12(14,15)16)9-4-2-5-10(13)8-9/h2,4-5,8,11,17H,3,6-7H2,1H3. The quantitative estimate of drug-likeness (QED) is 0.782. The Balaban J connectivity index is 2.54. The van der Waals surface area contributed by atoms with Gasteiger partial charge in [0.15, 0.2) is 0 Å². The molecule has 96 valence electrons. The van der Waals surface area contributed by atoms with Gasteiger partial charge in [0.25, 0.3) is 0 Å². The summed E-state index contributed by atoms with van der Waals surface area (Å²) in [7, 11) is 1.66. The Morgan fingerprint density at radius 3 is 2.53 bits per heavy atom. The first-order valence-corrected chi connectivity index (χ1v) is 5.42. The van der Waals surface area contributed by atoms with Crippen LogP contribution in [0.4, 0.5) is 17.6 Å². The van der Waals surface area contributed by atoms with Crippen molar-refractivity contribution in [3.63, 3.8) is 0 Å². The lowest BCUT2D eigenvalue weighted by Crippen LogP contribution is -2.17. The summed E-state index contributed by atoms with van der Waals surface area (Å²) in [5.41, 5.74) is 0.676. The van der Waals surface area contributed by atoms with Gasteiger partial charge in [0.1, 0.15) is 5.82 Å². The van der Waals surface area contributed by atoms with Gasteiger partial charge in [-0.25, -0.2) is 4.39 Å². The van der Waals surface area contributed by atoms with Crippen molar-refractivity contribution in [2.75, 3.05) is 7.05 Å². The fourth-order valence-corrected chi connectivity index (χ4v) is 1.71. The molecule has 0 fully saturated rings. The lowest BCUT2D eigenvalue weighted by Gasteiger charge is -2.17. The Labute approximate surface area is 97.8 Å². The molecule has 0 aliphatic carbocycles. The molecule has 1 aromatic rings. The minimum atomic E-state index is -4.12. The van der Waals surface area contributed by atoms with E-state index in [1.54, 1.807) is 19.2 Å². The highest BCUT2D eigenvalue weighted by atomic mass is 19.4. The fourth-order valence-electron chi connectivity index (χ4n) is 1.71. The number of alkyl halides is 3. The van der Waals surface area contributed by atoms with Gasteiger partial charge in [-0.2, -0.15) is 13.2 Å². The van der Waals surface area contributed by atoms with Crippen LogP contribution in [0.2, 0.25) is 0 Å². The molecule has 17 heavy (non-hydrogen) atoms. The van der Waals surface area contributed by atoms with Gasteiger partial charge in [-0.15, -0.1) is 0 Å². The smallest absolute Gasteiger partial charge is 0.313 e. The van der Waals surface area contributed by atoms with Crippen molar-refractivity contribution in [1.29, 1.82) is 0 Å². The molecule has 5 heteroatoms. The summed E-state index contributed by atoms with van der Waals surface area (Å²) >= 11 is 0. The highest BCUT2D eigenvalue weighted by molar-refractivity contribution is 5.19. The van der Waals surface area contributed by atoms with Gasteiger partial charge in [0.05, 0.1) is 0 Å². The first-order chi connectivity index (χ1) is 7.92. The van der Waals surface area contributed by atoms with Gasteiger partial charge in [-0.1, -0.05) is 12.1 Å². The van der Waals surface area contributed by atoms with E-state index < -0.39 is 12.6 Å². The summed E-state index contributed by atoms with van der Waals surface area (Å²) in [5, 5.41) is 2.90. The van der Waals surface area contributed by atoms with Gasteiger partial charge >= 0.3 is 6.18 Å². The van der Waals surface area contributed by atoms with E-state index in [4.69, 9.17) is 0 Å². The van der Waals surface area contributed by atoms with Gasteiger partial charge in [-0.05, 0) is 37.6 Å². The molecule has 1 N–H and O–H groups in total. The van der Waals surface area contributed by atoms with E-state index >= 15 is 0 Å².